The number of nitrogens with zero attached hydrogens (tertiary/aromatic N) is 1. The van der Waals surface area contributed by atoms with Crippen LogP contribution in [0.2, 0.25) is 0 Å². The van der Waals surface area contributed by atoms with Crippen molar-refractivity contribution in [2.75, 3.05) is 14.2 Å². The van der Waals surface area contributed by atoms with E-state index < -0.39 is 0 Å². The molecule has 1 heterocycles. The first kappa shape index (κ1) is 18.2. The first-order chi connectivity index (χ1) is 11.4. The van der Waals surface area contributed by atoms with Gasteiger partial charge in [0.15, 0.2) is 0 Å². The minimum atomic E-state index is -0.242. The standard InChI is InChI=1S/C17H22N2O4S/c1-9(6-13-10(2)7-15(20)19-18-13)12-8-14(22-4)11(3)16(23-5)17(12)24-21/h6,8,10,12H,7H2,1-5H3,(H,19,20). The van der Waals surface area contributed by atoms with E-state index in [-0.39, 0.29) is 17.7 Å². The molecule has 2 aliphatic rings. The van der Waals surface area contributed by atoms with Crippen molar-refractivity contribution in [3.05, 3.63) is 34.8 Å². The molecule has 1 amide bonds. The summed E-state index contributed by atoms with van der Waals surface area (Å²) in [5, 5.41) is 4.12. The smallest absolute Gasteiger partial charge is 0.240 e. The predicted molar refractivity (Wildman–Crippen MR) is 94.6 cm³/mol. The molecule has 2 rings (SSSR count). The summed E-state index contributed by atoms with van der Waals surface area (Å²) in [5.41, 5.74) is 5.03. The van der Waals surface area contributed by atoms with Crippen LogP contribution in [0.1, 0.15) is 27.2 Å². The number of hydrazone groups is 1. The maximum Gasteiger partial charge on any atom is 0.240 e. The molecule has 2 unspecified atom stereocenters. The molecule has 7 heteroatoms. The van der Waals surface area contributed by atoms with E-state index in [1.165, 1.54) is 0 Å². The van der Waals surface area contributed by atoms with E-state index in [0.29, 0.717) is 34.1 Å². The minimum absolute atomic E-state index is 0.0331. The Hall–Kier alpha value is -2.15. The molecule has 1 aliphatic carbocycles. The van der Waals surface area contributed by atoms with Crippen molar-refractivity contribution in [2.24, 2.45) is 16.9 Å². The number of carbonyl (C=O) groups excluding carboxylic acids is 1. The number of hydrogen-bond donors (Lipinski definition) is 1. The van der Waals surface area contributed by atoms with Crippen molar-refractivity contribution in [1.29, 1.82) is 0 Å². The van der Waals surface area contributed by atoms with Crippen molar-refractivity contribution in [3.63, 3.8) is 0 Å². The average Bonchev–Trinajstić information content (AvgIpc) is 2.56. The molecular weight excluding hydrogens is 328 g/mol. The molecule has 6 nitrogen and oxygen atoms in total. The molecule has 130 valence electrons. The highest BCUT2D eigenvalue weighted by molar-refractivity contribution is 7.67. The Morgan fingerprint density at radius 3 is 2.67 bits per heavy atom. The van der Waals surface area contributed by atoms with E-state index in [1.54, 1.807) is 14.2 Å². The molecule has 1 aliphatic heterocycles. The average molecular weight is 350 g/mol. The lowest BCUT2D eigenvalue weighted by Crippen LogP contribution is -2.31. The summed E-state index contributed by atoms with van der Waals surface area (Å²) in [6.07, 6.45) is 4.24. The third kappa shape index (κ3) is 3.51. The molecule has 24 heavy (non-hydrogen) atoms. The topological polar surface area (TPSA) is 77.0 Å². The molecule has 0 saturated carbocycles. The van der Waals surface area contributed by atoms with Crippen LogP contribution >= 0.6 is 0 Å². The third-order valence-corrected chi connectivity index (χ3v) is 4.84. The van der Waals surface area contributed by atoms with Crippen LogP contribution < -0.4 is 5.43 Å². The molecule has 0 aromatic carbocycles. The fourth-order valence-electron chi connectivity index (χ4n) is 2.86. The lowest BCUT2D eigenvalue weighted by molar-refractivity contribution is -0.121. The Bertz CT molecular complexity index is 727. The van der Waals surface area contributed by atoms with Crippen LogP contribution in [0, 0.1) is 11.8 Å². The zero-order valence-electron chi connectivity index (χ0n) is 14.5. The van der Waals surface area contributed by atoms with E-state index in [9.17, 15) is 9.00 Å². The van der Waals surface area contributed by atoms with Gasteiger partial charge in [-0.05, 0) is 26.0 Å². The number of allylic oxidation sites excluding steroid dienone is 5. The Balaban J connectivity index is 2.43. The first-order valence-corrected chi connectivity index (χ1v) is 8.39. The number of carbonyl (C=O) groups is 1. The van der Waals surface area contributed by atoms with Crippen LogP contribution in [0.25, 0.3) is 0 Å². The predicted octanol–water partition coefficient (Wildman–Crippen LogP) is 1.91. The normalized spacial score (nSPS) is 25.0. The van der Waals surface area contributed by atoms with Crippen LogP contribution in [0.5, 0.6) is 0 Å². The fourth-order valence-corrected chi connectivity index (χ4v) is 3.53. The van der Waals surface area contributed by atoms with Crippen molar-refractivity contribution >= 4 is 27.7 Å². The maximum atomic E-state index is 11.7. The SMILES string of the molecule is COC1=CC(C(C)=CC2=NNC(=O)CC2C)C(=S=O)C(OC)=C1C. The number of nitrogens with one attached hydrogen (secondary N) is 1. The van der Waals surface area contributed by atoms with Gasteiger partial charge in [0.25, 0.3) is 0 Å². The number of amides is 1. The van der Waals surface area contributed by atoms with E-state index >= 15 is 0 Å². The summed E-state index contributed by atoms with van der Waals surface area (Å²) in [4.78, 5) is 12.0. The number of rotatable bonds is 4. The van der Waals surface area contributed by atoms with Crippen molar-refractivity contribution < 1.29 is 18.5 Å². The van der Waals surface area contributed by atoms with Gasteiger partial charge in [0.2, 0.25) is 5.91 Å². The quantitative estimate of drug-likeness (QED) is 0.786. The van der Waals surface area contributed by atoms with Gasteiger partial charge in [-0.15, -0.1) is 0 Å². The van der Waals surface area contributed by atoms with Crippen molar-refractivity contribution in [2.45, 2.75) is 27.2 Å². The molecule has 0 saturated heterocycles. The van der Waals surface area contributed by atoms with Crippen LogP contribution in [0.3, 0.4) is 0 Å². The van der Waals surface area contributed by atoms with E-state index in [0.717, 1.165) is 16.9 Å². The van der Waals surface area contributed by atoms with Gasteiger partial charge in [-0.1, -0.05) is 12.5 Å². The van der Waals surface area contributed by atoms with Gasteiger partial charge in [-0.25, -0.2) is 9.63 Å². The maximum absolute atomic E-state index is 11.7. The summed E-state index contributed by atoms with van der Waals surface area (Å²) in [6.45, 7) is 5.75. The zero-order chi connectivity index (χ0) is 17.9. The van der Waals surface area contributed by atoms with Crippen molar-refractivity contribution in [3.8, 4) is 0 Å². The van der Waals surface area contributed by atoms with E-state index in [4.69, 9.17) is 9.47 Å². The summed E-state index contributed by atoms with van der Waals surface area (Å²) in [6, 6.07) is 0. The summed E-state index contributed by atoms with van der Waals surface area (Å²) < 4.78 is 22.5. The van der Waals surface area contributed by atoms with Crippen LogP contribution in [-0.4, -0.2) is 34.9 Å². The Morgan fingerprint density at radius 2 is 2.12 bits per heavy atom. The summed E-state index contributed by atoms with van der Waals surface area (Å²) in [7, 11) is 3.14. The van der Waals surface area contributed by atoms with Gasteiger partial charge < -0.3 is 9.47 Å². The summed E-state index contributed by atoms with van der Waals surface area (Å²) in [5.74, 6) is 0.951. The highest BCUT2D eigenvalue weighted by atomic mass is 32.1. The van der Waals surface area contributed by atoms with Gasteiger partial charge in [0, 0.05) is 23.8 Å². The lowest BCUT2D eigenvalue weighted by atomic mass is 9.86. The summed E-state index contributed by atoms with van der Waals surface area (Å²) >= 11 is 0.428. The second kappa shape index (κ2) is 7.61. The van der Waals surface area contributed by atoms with Crippen LogP contribution in [0.15, 0.2) is 39.9 Å². The molecule has 0 spiro atoms. The number of hydrogen-bond acceptors (Lipinski definition) is 5. The molecule has 0 radical (unpaired) electrons. The van der Waals surface area contributed by atoms with Gasteiger partial charge >= 0.3 is 0 Å². The molecule has 0 fully saturated rings. The lowest BCUT2D eigenvalue weighted by Gasteiger charge is -2.26. The van der Waals surface area contributed by atoms with Crippen LogP contribution in [0.4, 0.5) is 0 Å². The highest BCUT2D eigenvalue weighted by Gasteiger charge is 2.30. The van der Waals surface area contributed by atoms with Gasteiger partial charge in [0.1, 0.15) is 11.5 Å². The molecule has 0 bridgehead atoms. The number of methoxy groups -OCH3 is 2. The molecule has 0 aromatic rings. The molecule has 1 N–H and O–H groups in total. The van der Waals surface area contributed by atoms with Gasteiger partial charge in [-0.2, -0.15) is 5.10 Å². The molecule has 2 atom stereocenters. The largest absolute Gasteiger partial charge is 0.497 e. The van der Waals surface area contributed by atoms with E-state index in [2.05, 4.69) is 10.5 Å². The Morgan fingerprint density at radius 1 is 1.42 bits per heavy atom. The van der Waals surface area contributed by atoms with Gasteiger partial charge in [0.05, 0.1) is 36.1 Å². The van der Waals surface area contributed by atoms with Crippen molar-refractivity contribution in [1.82, 2.24) is 5.43 Å². The number of ether oxygens (including phenoxy) is 2. The molecular formula is C17H22N2O4S. The molecule has 0 aromatic heterocycles. The van der Waals surface area contributed by atoms with E-state index in [1.807, 2.05) is 32.9 Å². The monoisotopic (exact) mass is 350 g/mol. The Kier molecular flexibility index (Phi) is 5.77. The van der Waals surface area contributed by atoms with Gasteiger partial charge in [-0.3, -0.25) is 4.79 Å². The van der Waals surface area contributed by atoms with Crippen LogP contribution in [-0.2, 0) is 25.5 Å². The highest BCUT2D eigenvalue weighted by Crippen LogP contribution is 2.31. The first-order valence-electron chi connectivity index (χ1n) is 7.65. The second-order valence-electron chi connectivity index (χ2n) is 5.88. The minimum Gasteiger partial charge on any atom is -0.497 e. The second-order valence-corrected chi connectivity index (χ2v) is 6.49. The fraction of sp³-hybridized carbons (Fsp3) is 0.471. The zero-order valence-corrected chi connectivity index (χ0v) is 15.3. The Labute approximate surface area is 145 Å². The third-order valence-electron chi connectivity index (χ3n) is 4.22.